The lowest BCUT2D eigenvalue weighted by molar-refractivity contribution is 0.177. The minimum absolute atomic E-state index is 0.239. The molecule has 1 fully saturated rings. The van der Waals surface area contributed by atoms with Crippen molar-refractivity contribution in [2.24, 2.45) is 0 Å². The molecule has 2 N–H and O–H groups in total. The topological polar surface area (TPSA) is 50.1 Å². The predicted molar refractivity (Wildman–Crippen MR) is 58.4 cm³/mol. The van der Waals surface area contributed by atoms with Gasteiger partial charge in [0, 0.05) is 25.0 Å². The summed E-state index contributed by atoms with van der Waals surface area (Å²) in [5.41, 5.74) is 0. The molecule has 0 bridgehead atoms. The Kier molecular flexibility index (Phi) is 3.38. The quantitative estimate of drug-likeness (QED) is 0.732. The molecule has 1 aliphatic carbocycles. The van der Waals surface area contributed by atoms with Crippen molar-refractivity contribution in [1.29, 1.82) is 0 Å². The number of hydrogen-bond donors (Lipinski definition) is 2. The maximum absolute atomic E-state index is 9.22. The largest absolute Gasteiger partial charge is 0.393 e. The average Bonchev–Trinajstić information content (AvgIpc) is 2.92. The normalized spacial score (nSPS) is 18.0. The van der Waals surface area contributed by atoms with Crippen molar-refractivity contribution in [3.05, 3.63) is 18.2 Å². The highest BCUT2D eigenvalue weighted by Gasteiger charge is 2.20. The van der Waals surface area contributed by atoms with Crippen molar-refractivity contribution in [3.8, 4) is 0 Å². The van der Waals surface area contributed by atoms with E-state index < -0.39 is 0 Å². The zero-order chi connectivity index (χ0) is 10.7. The number of imidazole rings is 1. The smallest absolute Gasteiger partial charge is 0.122 e. The van der Waals surface area contributed by atoms with Crippen LogP contribution in [0.25, 0.3) is 0 Å². The Morgan fingerprint density at radius 1 is 1.67 bits per heavy atom. The van der Waals surface area contributed by atoms with Crippen LogP contribution in [0, 0.1) is 0 Å². The molecule has 1 heterocycles. The maximum atomic E-state index is 9.22. The molecule has 0 aromatic carbocycles. The van der Waals surface area contributed by atoms with Crippen molar-refractivity contribution < 1.29 is 5.11 Å². The van der Waals surface area contributed by atoms with Crippen molar-refractivity contribution in [3.63, 3.8) is 0 Å². The molecule has 4 heteroatoms. The highest BCUT2D eigenvalue weighted by molar-refractivity contribution is 4.94. The van der Waals surface area contributed by atoms with Crippen LogP contribution in [0.15, 0.2) is 12.4 Å². The zero-order valence-electron chi connectivity index (χ0n) is 9.19. The molecule has 84 valence electrons. The van der Waals surface area contributed by atoms with Crippen LogP contribution >= 0.6 is 0 Å². The first-order valence-electron chi connectivity index (χ1n) is 5.67. The lowest BCUT2D eigenvalue weighted by atomic mass is 10.3. The van der Waals surface area contributed by atoms with Gasteiger partial charge in [0.15, 0.2) is 0 Å². The van der Waals surface area contributed by atoms with Crippen molar-refractivity contribution >= 4 is 0 Å². The first kappa shape index (κ1) is 10.6. The Balaban J connectivity index is 1.83. The minimum Gasteiger partial charge on any atom is -0.393 e. The number of aliphatic hydroxyl groups excluding tert-OH is 1. The van der Waals surface area contributed by atoms with E-state index in [-0.39, 0.29) is 6.10 Å². The van der Waals surface area contributed by atoms with Gasteiger partial charge in [0.2, 0.25) is 0 Å². The third kappa shape index (κ3) is 3.32. The second kappa shape index (κ2) is 4.77. The van der Waals surface area contributed by atoms with Gasteiger partial charge in [0.1, 0.15) is 5.82 Å². The number of hydrogen-bond acceptors (Lipinski definition) is 3. The average molecular weight is 209 g/mol. The highest BCUT2D eigenvalue weighted by Crippen LogP contribution is 2.19. The molecular formula is C11H19N3O. The highest BCUT2D eigenvalue weighted by atomic mass is 16.3. The van der Waals surface area contributed by atoms with Gasteiger partial charge in [0.05, 0.1) is 12.6 Å². The molecular weight excluding hydrogens is 190 g/mol. The molecule has 0 aliphatic heterocycles. The molecule has 0 amide bonds. The van der Waals surface area contributed by atoms with E-state index >= 15 is 0 Å². The Labute approximate surface area is 90.3 Å². The van der Waals surface area contributed by atoms with Gasteiger partial charge >= 0.3 is 0 Å². The maximum Gasteiger partial charge on any atom is 0.122 e. The van der Waals surface area contributed by atoms with Gasteiger partial charge in [-0.2, -0.15) is 0 Å². The van der Waals surface area contributed by atoms with Gasteiger partial charge in [0.25, 0.3) is 0 Å². The monoisotopic (exact) mass is 209 g/mol. The van der Waals surface area contributed by atoms with E-state index in [1.165, 1.54) is 12.8 Å². The van der Waals surface area contributed by atoms with E-state index in [1.54, 1.807) is 0 Å². The minimum atomic E-state index is -0.239. The summed E-state index contributed by atoms with van der Waals surface area (Å²) < 4.78 is 2.11. The Hall–Kier alpha value is -0.870. The lowest BCUT2D eigenvalue weighted by Gasteiger charge is -2.09. The van der Waals surface area contributed by atoms with Crippen LogP contribution in [0.4, 0.5) is 0 Å². The van der Waals surface area contributed by atoms with Gasteiger partial charge in [-0.15, -0.1) is 0 Å². The molecule has 15 heavy (non-hydrogen) atoms. The zero-order valence-corrected chi connectivity index (χ0v) is 9.19. The first-order valence-corrected chi connectivity index (χ1v) is 5.67. The summed E-state index contributed by atoms with van der Waals surface area (Å²) in [4.78, 5) is 4.31. The fourth-order valence-electron chi connectivity index (χ4n) is 1.56. The Morgan fingerprint density at radius 2 is 2.47 bits per heavy atom. The van der Waals surface area contributed by atoms with Crippen LogP contribution in [0.5, 0.6) is 0 Å². The van der Waals surface area contributed by atoms with Crippen LogP contribution in [-0.2, 0) is 13.1 Å². The van der Waals surface area contributed by atoms with E-state index in [0.29, 0.717) is 6.04 Å². The molecule has 4 nitrogen and oxygen atoms in total. The van der Waals surface area contributed by atoms with E-state index in [0.717, 1.165) is 25.3 Å². The number of aliphatic hydroxyl groups is 1. The predicted octanol–water partition coefficient (Wildman–Crippen LogP) is 0.906. The van der Waals surface area contributed by atoms with Crippen LogP contribution in [0.3, 0.4) is 0 Å². The Bertz CT molecular complexity index is 284. The summed E-state index contributed by atoms with van der Waals surface area (Å²) in [5, 5.41) is 12.7. The summed E-state index contributed by atoms with van der Waals surface area (Å²) in [7, 11) is 0. The van der Waals surface area contributed by atoms with Gasteiger partial charge in [-0.1, -0.05) is 0 Å². The molecule has 1 unspecified atom stereocenters. The van der Waals surface area contributed by atoms with Crippen molar-refractivity contribution in [2.45, 2.75) is 51.4 Å². The summed E-state index contributed by atoms with van der Waals surface area (Å²) in [6, 6.07) is 0.715. The van der Waals surface area contributed by atoms with Gasteiger partial charge in [-0.25, -0.2) is 4.98 Å². The van der Waals surface area contributed by atoms with Crippen LogP contribution < -0.4 is 5.32 Å². The number of nitrogens with zero attached hydrogens (tertiary/aromatic N) is 2. The number of aryl methyl sites for hydroxylation is 1. The summed E-state index contributed by atoms with van der Waals surface area (Å²) in [6.07, 6.45) is 6.95. The number of nitrogens with one attached hydrogen (secondary N) is 1. The molecule has 0 radical (unpaired) electrons. The SMILES string of the molecule is CC(O)CCn1ccnc1CNC1CC1. The van der Waals surface area contributed by atoms with Gasteiger partial charge in [-0.05, 0) is 26.2 Å². The third-order valence-electron chi connectivity index (χ3n) is 2.72. The fourth-order valence-corrected chi connectivity index (χ4v) is 1.56. The second-order valence-corrected chi connectivity index (χ2v) is 4.33. The van der Waals surface area contributed by atoms with Crippen LogP contribution in [0.1, 0.15) is 32.0 Å². The van der Waals surface area contributed by atoms with Crippen molar-refractivity contribution in [1.82, 2.24) is 14.9 Å². The molecule has 2 rings (SSSR count). The van der Waals surface area contributed by atoms with E-state index in [1.807, 2.05) is 19.3 Å². The standard InChI is InChI=1S/C11H19N3O/c1-9(15)4-6-14-7-5-12-11(14)8-13-10-2-3-10/h5,7,9-10,13,15H,2-4,6,8H2,1H3. The number of rotatable bonds is 6. The Morgan fingerprint density at radius 3 is 3.13 bits per heavy atom. The molecule has 0 saturated heterocycles. The second-order valence-electron chi connectivity index (χ2n) is 4.33. The molecule has 1 atom stereocenters. The van der Waals surface area contributed by atoms with Gasteiger partial charge in [-0.3, -0.25) is 0 Å². The number of aromatic nitrogens is 2. The molecule has 0 spiro atoms. The fraction of sp³-hybridized carbons (Fsp3) is 0.727. The van der Waals surface area contributed by atoms with E-state index in [4.69, 9.17) is 0 Å². The summed E-state index contributed by atoms with van der Waals surface area (Å²) in [6.45, 7) is 3.51. The molecule has 1 aliphatic rings. The third-order valence-corrected chi connectivity index (χ3v) is 2.72. The van der Waals surface area contributed by atoms with Crippen molar-refractivity contribution in [2.75, 3.05) is 0 Å². The van der Waals surface area contributed by atoms with Gasteiger partial charge < -0.3 is 15.0 Å². The molecule has 1 saturated carbocycles. The first-order chi connectivity index (χ1) is 7.25. The van der Waals surface area contributed by atoms with E-state index in [2.05, 4.69) is 14.9 Å². The summed E-state index contributed by atoms with van der Waals surface area (Å²) in [5.74, 6) is 1.07. The summed E-state index contributed by atoms with van der Waals surface area (Å²) >= 11 is 0. The molecule has 1 aromatic heterocycles. The lowest BCUT2D eigenvalue weighted by Crippen LogP contribution is -2.19. The van der Waals surface area contributed by atoms with E-state index in [9.17, 15) is 5.11 Å². The molecule has 1 aromatic rings. The van der Waals surface area contributed by atoms with Crippen LogP contribution in [-0.4, -0.2) is 26.8 Å². The van der Waals surface area contributed by atoms with Crippen LogP contribution in [0.2, 0.25) is 0 Å².